The summed E-state index contributed by atoms with van der Waals surface area (Å²) in [6.07, 6.45) is 6.86. The van der Waals surface area contributed by atoms with E-state index in [9.17, 15) is 0 Å². The van der Waals surface area contributed by atoms with Crippen molar-refractivity contribution in [2.24, 2.45) is 4.99 Å². The van der Waals surface area contributed by atoms with Crippen LogP contribution >= 0.6 is 0 Å². The van der Waals surface area contributed by atoms with Crippen molar-refractivity contribution in [2.75, 3.05) is 4.90 Å². The van der Waals surface area contributed by atoms with Gasteiger partial charge in [0.15, 0.2) is 0 Å². The molecule has 0 fully saturated rings. The lowest BCUT2D eigenvalue weighted by molar-refractivity contribution is 0.511. The van der Waals surface area contributed by atoms with E-state index in [1.54, 1.807) is 0 Å². The molecular formula is C17H22N2. The van der Waals surface area contributed by atoms with Crippen molar-refractivity contribution in [3.8, 4) is 0 Å². The smallest absolute Gasteiger partial charge is 0.0598 e. The average Bonchev–Trinajstić information content (AvgIpc) is 2.54. The lowest BCUT2D eigenvalue weighted by atomic mass is 9.95. The minimum atomic E-state index is 0.0850. The molecule has 19 heavy (non-hydrogen) atoms. The molecule has 0 saturated heterocycles. The Labute approximate surface area is 115 Å². The van der Waals surface area contributed by atoms with Crippen LogP contribution in [0.3, 0.4) is 0 Å². The predicted molar refractivity (Wildman–Crippen MR) is 81.8 cm³/mol. The highest BCUT2D eigenvalue weighted by atomic mass is 15.2. The molecule has 1 aromatic rings. The second kappa shape index (κ2) is 4.52. The van der Waals surface area contributed by atoms with Gasteiger partial charge in [0, 0.05) is 23.0 Å². The molecule has 2 nitrogen and oxygen atoms in total. The standard InChI is InChI=1S/C17H22N2/c1-17(2,3)19-15-10-6-4-8-13(15)12-18-14-9-5-7-11-16(14)19/h4,6,8,10,12H,5,7,9,11H2,1-3H3. The molecule has 1 heterocycles. The summed E-state index contributed by atoms with van der Waals surface area (Å²) in [5.41, 5.74) is 5.33. The Hall–Kier alpha value is -1.57. The Balaban J connectivity index is 2.20. The summed E-state index contributed by atoms with van der Waals surface area (Å²) in [4.78, 5) is 7.27. The third kappa shape index (κ3) is 2.20. The molecule has 1 aliphatic heterocycles. The lowest BCUT2D eigenvalue weighted by Crippen LogP contribution is -2.42. The monoisotopic (exact) mass is 254 g/mol. The fourth-order valence-electron chi connectivity index (χ4n) is 3.11. The first-order valence-electron chi connectivity index (χ1n) is 7.23. The predicted octanol–water partition coefficient (Wildman–Crippen LogP) is 4.51. The number of aliphatic imine (C=N–C) groups is 1. The molecule has 0 amide bonds. The Morgan fingerprint density at radius 3 is 2.58 bits per heavy atom. The van der Waals surface area contributed by atoms with Gasteiger partial charge < -0.3 is 4.90 Å². The van der Waals surface area contributed by atoms with Gasteiger partial charge in [-0.1, -0.05) is 18.2 Å². The van der Waals surface area contributed by atoms with Crippen LogP contribution in [0.5, 0.6) is 0 Å². The summed E-state index contributed by atoms with van der Waals surface area (Å²) in [5, 5.41) is 0. The summed E-state index contributed by atoms with van der Waals surface area (Å²) in [6, 6.07) is 8.60. The molecule has 0 unspecified atom stereocenters. The van der Waals surface area contributed by atoms with E-state index in [1.807, 2.05) is 6.21 Å². The molecule has 0 atom stereocenters. The van der Waals surface area contributed by atoms with Crippen LogP contribution in [0.1, 0.15) is 52.0 Å². The highest BCUT2D eigenvalue weighted by Crippen LogP contribution is 2.39. The molecule has 3 rings (SSSR count). The maximum Gasteiger partial charge on any atom is 0.0598 e. The van der Waals surface area contributed by atoms with Crippen LogP contribution < -0.4 is 4.90 Å². The van der Waals surface area contributed by atoms with Gasteiger partial charge in [0.1, 0.15) is 0 Å². The first-order chi connectivity index (χ1) is 9.07. The Morgan fingerprint density at radius 2 is 1.79 bits per heavy atom. The van der Waals surface area contributed by atoms with E-state index in [-0.39, 0.29) is 5.54 Å². The number of benzene rings is 1. The molecule has 0 saturated carbocycles. The number of hydrogen-bond donors (Lipinski definition) is 0. The quantitative estimate of drug-likeness (QED) is 0.665. The number of allylic oxidation sites excluding steroid dienone is 2. The van der Waals surface area contributed by atoms with Crippen molar-refractivity contribution in [1.29, 1.82) is 0 Å². The Bertz CT molecular complexity index is 547. The molecule has 1 aromatic carbocycles. The van der Waals surface area contributed by atoms with E-state index in [1.165, 1.54) is 35.5 Å². The molecular weight excluding hydrogens is 232 g/mol. The highest BCUT2D eigenvalue weighted by Gasteiger charge is 2.30. The van der Waals surface area contributed by atoms with Crippen LogP contribution in [0.2, 0.25) is 0 Å². The van der Waals surface area contributed by atoms with Crippen LogP contribution in [-0.2, 0) is 0 Å². The number of anilines is 1. The van der Waals surface area contributed by atoms with Gasteiger partial charge in [0.05, 0.1) is 11.4 Å². The maximum absolute atomic E-state index is 4.76. The number of nitrogens with zero attached hydrogens (tertiary/aromatic N) is 2. The van der Waals surface area contributed by atoms with Crippen molar-refractivity contribution in [2.45, 2.75) is 52.0 Å². The maximum atomic E-state index is 4.76. The number of hydrogen-bond acceptors (Lipinski definition) is 2. The van der Waals surface area contributed by atoms with E-state index in [0.717, 1.165) is 12.8 Å². The normalized spacial score (nSPS) is 19.0. The molecule has 0 N–H and O–H groups in total. The van der Waals surface area contributed by atoms with E-state index >= 15 is 0 Å². The molecule has 0 bridgehead atoms. The van der Waals surface area contributed by atoms with E-state index < -0.39 is 0 Å². The lowest BCUT2D eigenvalue weighted by Gasteiger charge is -2.41. The topological polar surface area (TPSA) is 15.6 Å². The summed E-state index contributed by atoms with van der Waals surface area (Å²) in [7, 11) is 0. The Kier molecular flexibility index (Phi) is 2.96. The van der Waals surface area contributed by atoms with Gasteiger partial charge in [-0.3, -0.25) is 4.99 Å². The molecule has 0 spiro atoms. The number of para-hydroxylation sites is 1. The van der Waals surface area contributed by atoms with Gasteiger partial charge in [-0.2, -0.15) is 0 Å². The van der Waals surface area contributed by atoms with E-state index in [0.29, 0.717) is 0 Å². The zero-order valence-corrected chi connectivity index (χ0v) is 12.1. The van der Waals surface area contributed by atoms with Crippen LogP contribution in [0.25, 0.3) is 0 Å². The first kappa shape index (κ1) is 12.5. The fourth-order valence-corrected chi connectivity index (χ4v) is 3.11. The fraction of sp³-hybridized carbons (Fsp3) is 0.471. The second-order valence-electron chi connectivity index (χ2n) is 6.42. The third-order valence-electron chi connectivity index (χ3n) is 3.89. The van der Waals surface area contributed by atoms with Crippen LogP contribution in [0.15, 0.2) is 40.7 Å². The molecule has 1 aliphatic carbocycles. The van der Waals surface area contributed by atoms with Gasteiger partial charge in [0.25, 0.3) is 0 Å². The summed E-state index contributed by atoms with van der Waals surface area (Å²) in [6.45, 7) is 6.86. The Morgan fingerprint density at radius 1 is 1.05 bits per heavy atom. The summed E-state index contributed by atoms with van der Waals surface area (Å²) in [5.74, 6) is 0. The van der Waals surface area contributed by atoms with Gasteiger partial charge in [-0.05, 0) is 52.5 Å². The largest absolute Gasteiger partial charge is 0.337 e. The molecule has 2 aliphatic rings. The van der Waals surface area contributed by atoms with Crippen molar-refractivity contribution in [3.63, 3.8) is 0 Å². The molecule has 0 radical (unpaired) electrons. The van der Waals surface area contributed by atoms with Gasteiger partial charge in [-0.25, -0.2) is 0 Å². The molecule has 100 valence electrons. The van der Waals surface area contributed by atoms with Gasteiger partial charge in [0.2, 0.25) is 0 Å². The van der Waals surface area contributed by atoms with E-state index in [2.05, 4.69) is 49.9 Å². The second-order valence-corrected chi connectivity index (χ2v) is 6.42. The SMILES string of the molecule is CC(C)(C)N1C2=C(CCCC2)N=Cc2ccccc21. The average molecular weight is 254 g/mol. The third-order valence-corrected chi connectivity index (χ3v) is 3.89. The van der Waals surface area contributed by atoms with Gasteiger partial charge >= 0.3 is 0 Å². The van der Waals surface area contributed by atoms with E-state index in [4.69, 9.17) is 4.99 Å². The minimum Gasteiger partial charge on any atom is -0.337 e. The zero-order valence-electron chi connectivity index (χ0n) is 12.1. The van der Waals surface area contributed by atoms with Crippen LogP contribution in [0, 0.1) is 0 Å². The van der Waals surface area contributed by atoms with Crippen molar-refractivity contribution in [3.05, 3.63) is 41.2 Å². The molecule has 0 aromatic heterocycles. The van der Waals surface area contributed by atoms with Gasteiger partial charge in [-0.15, -0.1) is 0 Å². The van der Waals surface area contributed by atoms with Crippen LogP contribution in [-0.4, -0.2) is 11.8 Å². The highest BCUT2D eigenvalue weighted by molar-refractivity contribution is 5.90. The number of rotatable bonds is 0. The summed E-state index contributed by atoms with van der Waals surface area (Å²) < 4.78 is 0. The van der Waals surface area contributed by atoms with Crippen molar-refractivity contribution >= 4 is 11.9 Å². The number of fused-ring (bicyclic) bond motifs is 1. The van der Waals surface area contributed by atoms with Crippen molar-refractivity contribution in [1.82, 2.24) is 0 Å². The first-order valence-corrected chi connectivity index (χ1v) is 7.23. The van der Waals surface area contributed by atoms with Crippen molar-refractivity contribution < 1.29 is 0 Å². The minimum absolute atomic E-state index is 0.0850. The zero-order chi connectivity index (χ0) is 13.5. The molecule has 2 heteroatoms. The van der Waals surface area contributed by atoms with Crippen LogP contribution in [0.4, 0.5) is 5.69 Å². The summed E-state index contributed by atoms with van der Waals surface area (Å²) >= 11 is 0.